The van der Waals surface area contributed by atoms with E-state index < -0.39 is 0 Å². The van der Waals surface area contributed by atoms with E-state index in [1.54, 1.807) is 6.20 Å². The third-order valence-electron chi connectivity index (χ3n) is 4.39. The molecule has 0 unspecified atom stereocenters. The summed E-state index contributed by atoms with van der Waals surface area (Å²) in [6.45, 7) is 4.53. The normalized spacial score (nSPS) is 14.7. The van der Waals surface area contributed by atoms with Gasteiger partial charge in [-0.1, -0.05) is 25.0 Å². The van der Waals surface area contributed by atoms with Crippen LogP contribution in [0.2, 0.25) is 0 Å². The predicted octanol–water partition coefficient (Wildman–Crippen LogP) is 4.11. The molecule has 3 rings (SSSR count). The zero-order valence-electron chi connectivity index (χ0n) is 14.7. The van der Waals surface area contributed by atoms with E-state index in [9.17, 15) is 4.79 Å². The zero-order valence-corrected chi connectivity index (χ0v) is 14.7. The number of nitrogens with zero attached hydrogens (tertiary/aromatic N) is 2. The van der Waals surface area contributed by atoms with Gasteiger partial charge in [0.15, 0.2) is 0 Å². The van der Waals surface area contributed by atoms with Crippen molar-refractivity contribution in [3.63, 3.8) is 0 Å². The van der Waals surface area contributed by atoms with Gasteiger partial charge in [0.2, 0.25) is 0 Å². The lowest BCUT2D eigenvalue weighted by Gasteiger charge is -2.22. The van der Waals surface area contributed by atoms with Crippen LogP contribution in [-0.2, 0) is 0 Å². The van der Waals surface area contributed by atoms with Crippen molar-refractivity contribution in [2.75, 3.05) is 29.9 Å². The molecule has 1 aromatic carbocycles. The number of ether oxygens (including phenoxy) is 1. The molecular formula is C20H25N3O2. The monoisotopic (exact) mass is 339 g/mol. The van der Waals surface area contributed by atoms with Crippen molar-refractivity contribution in [3.05, 3.63) is 48.3 Å². The molecular weight excluding hydrogens is 314 g/mol. The quantitative estimate of drug-likeness (QED) is 0.890. The number of pyridine rings is 1. The third-order valence-corrected chi connectivity index (χ3v) is 4.39. The van der Waals surface area contributed by atoms with Gasteiger partial charge >= 0.3 is 0 Å². The minimum atomic E-state index is -0.170. The molecule has 2 aromatic rings. The maximum Gasteiger partial charge on any atom is 0.257 e. The lowest BCUT2D eigenvalue weighted by atomic mass is 10.2. The average Bonchev–Trinajstić information content (AvgIpc) is 2.93. The highest BCUT2D eigenvalue weighted by Crippen LogP contribution is 2.25. The van der Waals surface area contributed by atoms with Crippen molar-refractivity contribution < 1.29 is 9.53 Å². The lowest BCUT2D eigenvalue weighted by Crippen LogP contribution is -2.24. The van der Waals surface area contributed by atoms with Gasteiger partial charge in [-0.3, -0.25) is 9.78 Å². The Bertz CT molecular complexity index is 710. The van der Waals surface area contributed by atoms with Gasteiger partial charge < -0.3 is 15.0 Å². The molecule has 5 nitrogen and oxygen atoms in total. The highest BCUT2D eigenvalue weighted by atomic mass is 16.5. The molecule has 132 valence electrons. The van der Waals surface area contributed by atoms with Crippen molar-refractivity contribution in [1.82, 2.24) is 4.98 Å². The second kappa shape index (κ2) is 8.51. The van der Waals surface area contributed by atoms with Crippen molar-refractivity contribution >= 4 is 17.3 Å². The van der Waals surface area contributed by atoms with Crippen LogP contribution < -0.4 is 15.0 Å². The van der Waals surface area contributed by atoms with Crippen LogP contribution in [0.5, 0.6) is 5.75 Å². The Morgan fingerprint density at radius 1 is 1.16 bits per heavy atom. The summed E-state index contributed by atoms with van der Waals surface area (Å²) in [5, 5.41) is 2.93. The van der Waals surface area contributed by atoms with Crippen molar-refractivity contribution in [3.8, 4) is 5.75 Å². The van der Waals surface area contributed by atoms with Crippen LogP contribution in [0.25, 0.3) is 0 Å². The maximum absolute atomic E-state index is 12.6. The molecule has 0 bridgehead atoms. The molecule has 1 aliphatic rings. The third kappa shape index (κ3) is 4.50. The molecule has 1 aromatic heterocycles. The number of hydrogen-bond acceptors (Lipinski definition) is 4. The van der Waals surface area contributed by atoms with Gasteiger partial charge in [0, 0.05) is 19.3 Å². The SMILES string of the molecule is CCOc1ccccc1NC(=O)c1cncc(N2CCCCCC2)c1. The van der Waals surface area contributed by atoms with E-state index in [-0.39, 0.29) is 5.91 Å². The first-order valence-electron chi connectivity index (χ1n) is 9.01. The number of carbonyl (C=O) groups is 1. The van der Waals surface area contributed by atoms with Gasteiger partial charge in [-0.25, -0.2) is 0 Å². The standard InChI is InChI=1S/C20H25N3O2/c1-2-25-19-10-6-5-9-18(19)22-20(24)16-13-17(15-21-14-16)23-11-7-3-4-8-12-23/h5-6,9-10,13-15H,2-4,7-8,11-12H2,1H3,(H,22,24). The molecule has 5 heteroatoms. The highest BCUT2D eigenvalue weighted by molar-refractivity contribution is 6.05. The Morgan fingerprint density at radius 2 is 1.92 bits per heavy atom. The number of rotatable bonds is 5. The Balaban J connectivity index is 1.75. The van der Waals surface area contributed by atoms with E-state index in [2.05, 4.69) is 15.2 Å². The first-order valence-corrected chi connectivity index (χ1v) is 9.01. The molecule has 0 aliphatic carbocycles. The maximum atomic E-state index is 12.6. The molecule has 1 N–H and O–H groups in total. The minimum Gasteiger partial charge on any atom is -0.492 e. The first kappa shape index (κ1) is 17.3. The Labute approximate surface area is 149 Å². The Kier molecular flexibility index (Phi) is 5.88. The van der Waals surface area contributed by atoms with Gasteiger partial charge in [0.25, 0.3) is 5.91 Å². The summed E-state index contributed by atoms with van der Waals surface area (Å²) in [7, 11) is 0. The van der Waals surface area contributed by atoms with Gasteiger partial charge in [-0.15, -0.1) is 0 Å². The summed E-state index contributed by atoms with van der Waals surface area (Å²) in [5.41, 5.74) is 2.26. The van der Waals surface area contributed by atoms with Crippen LogP contribution in [0, 0.1) is 0 Å². The topological polar surface area (TPSA) is 54.5 Å². The summed E-state index contributed by atoms with van der Waals surface area (Å²) in [5.74, 6) is 0.506. The van der Waals surface area contributed by atoms with Crippen LogP contribution in [0.1, 0.15) is 43.0 Å². The predicted molar refractivity (Wildman–Crippen MR) is 100 cm³/mol. The van der Waals surface area contributed by atoms with Crippen LogP contribution in [0.3, 0.4) is 0 Å². The van der Waals surface area contributed by atoms with E-state index in [4.69, 9.17) is 4.74 Å². The van der Waals surface area contributed by atoms with Gasteiger partial charge in [-0.2, -0.15) is 0 Å². The van der Waals surface area contributed by atoms with Crippen molar-refractivity contribution in [2.24, 2.45) is 0 Å². The summed E-state index contributed by atoms with van der Waals surface area (Å²) >= 11 is 0. The van der Waals surface area contributed by atoms with E-state index >= 15 is 0 Å². The molecule has 1 amide bonds. The van der Waals surface area contributed by atoms with Crippen LogP contribution in [-0.4, -0.2) is 30.6 Å². The minimum absolute atomic E-state index is 0.170. The van der Waals surface area contributed by atoms with E-state index in [0.717, 1.165) is 18.8 Å². The van der Waals surface area contributed by atoms with Gasteiger partial charge in [0.1, 0.15) is 5.75 Å². The van der Waals surface area contributed by atoms with Crippen LogP contribution >= 0.6 is 0 Å². The number of anilines is 2. The van der Waals surface area contributed by atoms with E-state index in [1.807, 2.05) is 43.5 Å². The summed E-state index contributed by atoms with van der Waals surface area (Å²) < 4.78 is 5.57. The summed E-state index contributed by atoms with van der Waals surface area (Å²) in [6, 6.07) is 9.39. The second-order valence-corrected chi connectivity index (χ2v) is 6.22. The number of hydrogen-bond donors (Lipinski definition) is 1. The second-order valence-electron chi connectivity index (χ2n) is 6.22. The summed E-state index contributed by atoms with van der Waals surface area (Å²) in [6.07, 6.45) is 8.39. The number of para-hydroxylation sites is 2. The Morgan fingerprint density at radius 3 is 2.68 bits per heavy atom. The van der Waals surface area contributed by atoms with E-state index in [0.29, 0.717) is 23.6 Å². The van der Waals surface area contributed by atoms with Gasteiger partial charge in [0.05, 0.1) is 29.7 Å². The number of carbonyl (C=O) groups excluding carboxylic acids is 1. The fourth-order valence-electron chi connectivity index (χ4n) is 3.10. The number of amides is 1. The molecule has 0 radical (unpaired) electrons. The molecule has 25 heavy (non-hydrogen) atoms. The molecule has 1 aliphatic heterocycles. The van der Waals surface area contributed by atoms with Gasteiger partial charge in [-0.05, 0) is 38.0 Å². The molecule has 1 fully saturated rings. The molecule has 2 heterocycles. The molecule has 0 spiro atoms. The zero-order chi connectivity index (χ0) is 17.5. The molecule has 1 saturated heterocycles. The lowest BCUT2D eigenvalue weighted by molar-refractivity contribution is 0.102. The average molecular weight is 339 g/mol. The van der Waals surface area contributed by atoms with Crippen molar-refractivity contribution in [2.45, 2.75) is 32.6 Å². The number of aromatic nitrogens is 1. The first-order chi connectivity index (χ1) is 12.3. The Hall–Kier alpha value is -2.56. The smallest absolute Gasteiger partial charge is 0.257 e. The fraction of sp³-hybridized carbons (Fsp3) is 0.400. The largest absolute Gasteiger partial charge is 0.492 e. The molecule has 0 atom stereocenters. The van der Waals surface area contributed by atoms with E-state index in [1.165, 1.54) is 25.7 Å². The highest BCUT2D eigenvalue weighted by Gasteiger charge is 2.14. The number of nitrogens with one attached hydrogen (secondary N) is 1. The summed E-state index contributed by atoms with van der Waals surface area (Å²) in [4.78, 5) is 19.3. The van der Waals surface area contributed by atoms with Crippen LogP contribution in [0.15, 0.2) is 42.7 Å². The van der Waals surface area contributed by atoms with Crippen molar-refractivity contribution in [1.29, 1.82) is 0 Å². The molecule has 0 saturated carbocycles. The van der Waals surface area contributed by atoms with Crippen LogP contribution in [0.4, 0.5) is 11.4 Å². The fourth-order valence-corrected chi connectivity index (χ4v) is 3.10. The number of benzene rings is 1.